The molecule has 2 nitrogen and oxygen atoms in total. The van der Waals surface area contributed by atoms with E-state index in [9.17, 15) is 9.18 Å². The maximum atomic E-state index is 13.1. The van der Waals surface area contributed by atoms with Crippen LogP contribution in [0.25, 0.3) is 0 Å². The third-order valence-corrected chi connectivity index (χ3v) is 3.00. The number of Topliss-reactive ketones (excluding diaryl/α,β-unsaturated/α-hetero) is 1. The van der Waals surface area contributed by atoms with Crippen molar-refractivity contribution in [3.8, 4) is 0 Å². The Hall–Kier alpha value is -1.22. The molecule has 1 atom stereocenters. The van der Waals surface area contributed by atoms with Gasteiger partial charge in [-0.1, -0.05) is 20.8 Å². The molecule has 94 valence electrons. The summed E-state index contributed by atoms with van der Waals surface area (Å²) in [4.78, 5) is 12.0. The summed E-state index contributed by atoms with van der Waals surface area (Å²) in [6, 6.07) is 4.22. The summed E-state index contributed by atoms with van der Waals surface area (Å²) in [5, 5.41) is 0. The lowest BCUT2D eigenvalue weighted by molar-refractivity contribution is 0.0953. The molecule has 0 saturated heterocycles. The van der Waals surface area contributed by atoms with Crippen LogP contribution >= 0.6 is 0 Å². The van der Waals surface area contributed by atoms with Crippen LogP contribution in [0.4, 0.5) is 4.39 Å². The first kappa shape index (κ1) is 13.8. The molecule has 0 fully saturated rings. The first-order valence-corrected chi connectivity index (χ1v) is 5.76. The van der Waals surface area contributed by atoms with Crippen molar-refractivity contribution in [3.05, 3.63) is 35.1 Å². The molecule has 0 amide bonds. The van der Waals surface area contributed by atoms with E-state index < -0.39 is 0 Å². The zero-order valence-corrected chi connectivity index (χ0v) is 10.9. The molecular weight excluding hydrogens is 217 g/mol. The Kier molecular flexibility index (Phi) is 4.04. The quantitative estimate of drug-likeness (QED) is 0.821. The molecule has 2 N–H and O–H groups in total. The zero-order valence-electron chi connectivity index (χ0n) is 10.9. The summed E-state index contributed by atoms with van der Waals surface area (Å²) >= 11 is 0. The fourth-order valence-corrected chi connectivity index (χ4v) is 1.44. The third-order valence-electron chi connectivity index (χ3n) is 3.00. The molecule has 0 aliphatic rings. The first-order valence-electron chi connectivity index (χ1n) is 5.76. The number of halogens is 1. The molecule has 0 radical (unpaired) electrons. The highest BCUT2D eigenvalue weighted by atomic mass is 19.1. The molecule has 17 heavy (non-hydrogen) atoms. The Balaban J connectivity index is 2.80. The van der Waals surface area contributed by atoms with Gasteiger partial charge in [0.05, 0.1) is 0 Å². The zero-order chi connectivity index (χ0) is 13.2. The Bertz CT molecular complexity index is 421. The van der Waals surface area contributed by atoms with Gasteiger partial charge in [-0.2, -0.15) is 0 Å². The molecule has 3 heteroatoms. The normalized spacial score (nSPS) is 13.5. The van der Waals surface area contributed by atoms with E-state index in [0.29, 0.717) is 11.1 Å². The fourth-order valence-electron chi connectivity index (χ4n) is 1.44. The summed E-state index contributed by atoms with van der Waals surface area (Å²) in [6.45, 7) is 7.65. The monoisotopic (exact) mass is 237 g/mol. The predicted molar refractivity (Wildman–Crippen MR) is 67.5 cm³/mol. The Morgan fingerprint density at radius 1 is 1.41 bits per heavy atom. The van der Waals surface area contributed by atoms with Crippen molar-refractivity contribution >= 4 is 5.78 Å². The Labute approximate surface area is 102 Å². The number of nitrogens with two attached hydrogens (primary N) is 1. The summed E-state index contributed by atoms with van der Waals surface area (Å²) in [6.07, 6.45) is 0.286. The molecule has 0 aliphatic heterocycles. The molecule has 0 aliphatic carbocycles. The lowest BCUT2D eigenvalue weighted by Gasteiger charge is -2.26. The van der Waals surface area contributed by atoms with Crippen molar-refractivity contribution < 1.29 is 9.18 Å². The van der Waals surface area contributed by atoms with Crippen LogP contribution in [0.3, 0.4) is 0 Å². The van der Waals surface area contributed by atoms with E-state index >= 15 is 0 Å². The largest absolute Gasteiger partial charge is 0.327 e. The lowest BCUT2D eigenvalue weighted by atomic mass is 9.83. The van der Waals surface area contributed by atoms with E-state index in [1.54, 1.807) is 13.0 Å². The van der Waals surface area contributed by atoms with E-state index in [1.165, 1.54) is 12.1 Å². The van der Waals surface area contributed by atoms with Crippen LogP contribution in [-0.4, -0.2) is 11.8 Å². The maximum Gasteiger partial charge on any atom is 0.164 e. The van der Waals surface area contributed by atoms with E-state index in [1.807, 2.05) is 20.8 Å². The lowest BCUT2D eigenvalue weighted by Crippen LogP contribution is -2.36. The van der Waals surface area contributed by atoms with Gasteiger partial charge in [-0.15, -0.1) is 0 Å². The fraction of sp³-hybridized carbons (Fsp3) is 0.500. The van der Waals surface area contributed by atoms with Gasteiger partial charge in [0.1, 0.15) is 5.82 Å². The highest BCUT2D eigenvalue weighted by Gasteiger charge is 2.23. The number of carbonyl (C=O) groups is 1. The van der Waals surface area contributed by atoms with Gasteiger partial charge in [0.15, 0.2) is 5.78 Å². The molecule has 1 unspecified atom stereocenters. The molecule has 0 aromatic heterocycles. The van der Waals surface area contributed by atoms with Crippen LogP contribution in [0.5, 0.6) is 0 Å². The molecule has 1 aromatic rings. The number of benzene rings is 1. The maximum absolute atomic E-state index is 13.1. The highest BCUT2D eigenvalue weighted by Crippen LogP contribution is 2.21. The van der Waals surface area contributed by atoms with E-state index in [2.05, 4.69) is 0 Å². The second-order valence-corrected chi connectivity index (χ2v) is 5.56. The van der Waals surface area contributed by atoms with E-state index in [-0.39, 0.29) is 29.5 Å². The molecule has 0 spiro atoms. The van der Waals surface area contributed by atoms with Crippen LogP contribution in [0.1, 0.15) is 43.1 Å². The van der Waals surface area contributed by atoms with Crippen molar-refractivity contribution in [3.63, 3.8) is 0 Å². The molecule has 0 heterocycles. The number of ketones is 1. The Morgan fingerprint density at radius 3 is 2.47 bits per heavy atom. The average Bonchev–Trinajstić information content (AvgIpc) is 2.20. The second kappa shape index (κ2) is 4.96. The van der Waals surface area contributed by atoms with E-state index in [4.69, 9.17) is 5.73 Å². The van der Waals surface area contributed by atoms with Crippen LogP contribution in [0, 0.1) is 18.2 Å². The number of rotatable bonds is 3. The van der Waals surface area contributed by atoms with Crippen molar-refractivity contribution in [1.29, 1.82) is 0 Å². The number of aryl methyl sites for hydroxylation is 1. The molecule has 1 aromatic carbocycles. The first-order chi connectivity index (χ1) is 7.71. The average molecular weight is 237 g/mol. The van der Waals surface area contributed by atoms with Gasteiger partial charge in [-0.05, 0) is 36.1 Å². The summed E-state index contributed by atoms with van der Waals surface area (Å²) in [7, 11) is 0. The standard InChI is InChI=1S/C14H20FNO/c1-9-7-10(5-6-11(9)15)12(17)8-13(16)14(2,3)4/h5-7,13H,8,16H2,1-4H3. The topological polar surface area (TPSA) is 43.1 Å². The predicted octanol–water partition coefficient (Wildman–Crippen LogP) is 3.08. The van der Waals surface area contributed by atoms with Crippen molar-refractivity contribution in [1.82, 2.24) is 0 Å². The van der Waals surface area contributed by atoms with Gasteiger partial charge in [0.25, 0.3) is 0 Å². The van der Waals surface area contributed by atoms with Gasteiger partial charge in [-0.3, -0.25) is 4.79 Å². The summed E-state index contributed by atoms with van der Waals surface area (Å²) < 4.78 is 13.1. The second-order valence-electron chi connectivity index (χ2n) is 5.56. The molecule has 1 rings (SSSR count). The minimum absolute atomic E-state index is 0.0319. The van der Waals surface area contributed by atoms with Crippen LogP contribution in [0.15, 0.2) is 18.2 Å². The van der Waals surface area contributed by atoms with Crippen LogP contribution < -0.4 is 5.73 Å². The summed E-state index contributed by atoms with van der Waals surface area (Å²) in [5.74, 6) is -0.322. The van der Waals surface area contributed by atoms with Crippen LogP contribution in [0.2, 0.25) is 0 Å². The van der Waals surface area contributed by atoms with E-state index in [0.717, 1.165) is 0 Å². The van der Waals surface area contributed by atoms with Gasteiger partial charge < -0.3 is 5.73 Å². The SMILES string of the molecule is Cc1cc(C(=O)CC(N)C(C)(C)C)ccc1F. The minimum Gasteiger partial charge on any atom is -0.327 e. The molecular formula is C14H20FNO. The van der Waals surface area contributed by atoms with Gasteiger partial charge >= 0.3 is 0 Å². The Morgan fingerprint density at radius 2 is 2.00 bits per heavy atom. The molecule has 0 bridgehead atoms. The van der Waals surface area contributed by atoms with Gasteiger partial charge in [0.2, 0.25) is 0 Å². The smallest absolute Gasteiger partial charge is 0.164 e. The highest BCUT2D eigenvalue weighted by molar-refractivity contribution is 5.96. The van der Waals surface area contributed by atoms with Crippen molar-refractivity contribution in [2.75, 3.05) is 0 Å². The number of carbonyl (C=O) groups excluding carboxylic acids is 1. The third kappa shape index (κ3) is 3.63. The van der Waals surface area contributed by atoms with Crippen molar-refractivity contribution in [2.45, 2.75) is 40.2 Å². The van der Waals surface area contributed by atoms with Crippen molar-refractivity contribution in [2.24, 2.45) is 11.1 Å². The minimum atomic E-state index is -0.290. The van der Waals surface area contributed by atoms with Gasteiger partial charge in [-0.25, -0.2) is 4.39 Å². The molecule has 0 saturated carbocycles. The number of hydrogen-bond acceptors (Lipinski definition) is 2. The van der Waals surface area contributed by atoms with Crippen LogP contribution in [-0.2, 0) is 0 Å². The van der Waals surface area contributed by atoms with Gasteiger partial charge in [0, 0.05) is 18.0 Å². The number of hydrogen-bond donors (Lipinski definition) is 1. The summed E-state index contributed by atoms with van der Waals surface area (Å²) in [5.41, 5.74) is 6.87.